The van der Waals surface area contributed by atoms with Crippen LogP contribution in [0.25, 0.3) is 0 Å². The molecule has 1 unspecified atom stereocenters. The zero-order chi connectivity index (χ0) is 14.3. The Hall–Kier alpha value is -0.620. The van der Waals surface area contributed by atoms with Crippen LogP contribution >= 0.6 is 0 Å². The van der Waals surface area contributed by atoms with E-state index in [4.69, 9.17) is 0 Å². The summed E-state index contributed by atoms with van der Waals surface area (Å²) in [6, 6.07) is 0. The first kappa shape index (κ1) is 16.4. The monoisotopic (exact) mass is 290 g/mol. The lowest BCUT2D eigenvalue weighted by Gasteiger charge is -2.30. The van der Waals surface area contributed by atoms with Gasteiger partial charge in [-0.05, 0) is 38.3 Å². The number of sulfone groups is 1. The van der Waals surface area contributed by atoms with Gasteiger partial charge in [0, 0.05) is 25.8 Å². The molecule has 6 heteroatoms. The smallest absolute Gasteiger partial charge is 0.223 e. The van der Waals surface area contributed by atoms with Crippen LogP contribution in [-0.2, 0) is 14.6 Å². The van der Waals surface area contributed by atoms with E-state index in [1.807, 2.05) is 11.8 Å². The lowest BCUT2D eigenvalue weighted by Crippen LogP contribution is -2.41. The highest BCUT2D eigenvalue weighted by Crippen LogP contribution is 2.13. The largest absolute Gasteiger partial charge is 0.342 e. The maximum atomic E-state index is 12.1. The van der Waals surface area contributed by atoms with Crippen LogP contribution in [0.3, 0.4) is 0 Å². The highest BCUT2D eigenvalue weighted by atomic mass is 32.2. The summed E-state index contributed by atoms with van der Waals surface area (Å²) in [4.78, 5) is 13.9. The molecule has 0 spiro atoms. The Balaban J connectivity index is 2.47. The van der Waals surface area contributed by atoms with Gasteiger partial charge in [-0.1, -0.05) is 6.92 Å². The number of amides is 1. The average molecular weight is 290 g/mol. The van der Waals surface area contributed by atoms with Crippen molar-refractivity contribution in [3.8, 4) is 0 Å². The molecule has 112 valence electrons. The van der Waals surface area contributed by atoms with Crippen molar-refractivity contribution in [2.75, 3.05) is 38.2 Å². The number of hydrogen-bond acceptors (Lipinski definition) is 4. The van der Waals surface area contributed by atoms with Crippen molar-refractivity contribution >= 4 is 15.7 Å². The van der Waals surface area contributed by atoms with Crippen LogP contribution < -0.4 is 5.32 Å². The second-order valence-corrected chi connectivity index (χ2v) is 7.69. The van der Waals surface area contributed by atoms with Gasteiger partial charge in [-0.25, -0.2) is 8.42 Å². The molecule has 0 aliphatic carbocycles. The predicted octanol–water partition coefficient (Wildman–Crippen LogP) is 0.659. The maximum absolute atomic E-state index is 12.1. The van der Waals surface area contributed by atoms with Gasteiger partial charge in [0.15, 0.2) is 0 Å². The zero-order valence-corrected chi connectivity index (χ0v) is 12.8. The molecule has 1 saturated heterocycles. The summed E-state index contributed by atoms with van der Waals surface area (Å²) < 4.78 is 22.3. The standard InChI is InChI=1S/C13H26N2O3S/c1-3-8-15(11-12-5-4-7-14-10-12)13(16)6-9-19(2,17)18/h12,14H,3-11H2,1-2H3. The SMILES string of the molecule is CCCN(CC1CCCNC1)C(=O)CCS(C)(=O)=O. The summed E-state index contributed by atoms with van der Waals surface area (Å²) >= 11 is 0. The van der Waals surface area contributed by atoms with Crippen molar-refractivity contribution in [2.24, 2.45) is 5.92 Å². The van der Waals surface area contributed by atoms with Crippen molar-refractivity contribution in [1.82, 2.24) is 10.2 Å². The van der Waals surface area contributed by atoms with Crippen LogP contribution in [-0.4, -0.2) is 57.4 Å². The molecule has 0 saturated carbocycles. The minimum atomic E-state index is -3.06. The van der Waals surface area contributed by atoms with Gasteiger partial charge in [-0.2, -0.15) is 0 Å². The highest BCUT2D eigenvalue weighted by molar-refractivity contribution is 7.90. The van der Waals surface area contributed by atoms with E-state index < -0.39 is 9.84 Å². The molecule has 1 atom stereocenters. The van der Waals surface area contributed by atoms with Crippen molar-refractivity contribution in [2.45, 2.75) is 32.6 Å². The third-order valence-electron chi connectivity index (χ3n) is 3.41. The Morgan fingerprint density at radius 1 is 1.42 bits per heavy atom. The number of carbonyl (C=O) groups is 1. The van der Waals surface area contributed by atoms with Gasteiger partial charge < -0.3 is 10.2 Å². The molecule has 0 aromatic rings. The molecule has 0 aromatic carbocycles. The number of carbonyl (C=O) groups excluding carboxylic acids is 1. The van der Waals surface area contributed by atoms with Gasteiger partial charge in [0.25, 0.3) is 0 Å². The Morgan fingerprint density at radius 3 is 2.68 bits per heavy atom. The molecular formula is C13H26N2O3S. The Labute approximate surface area is 116 Å². The average Bonchev–Trinajstić information content (AvgIpc) is 2.36. The number of nitrogens with one attached hydrogen (secondary N) is 1. The van der Waals surface area contributed by atoms with E-state index in [1.54, 1.807) is 0 Å². The van der Waals surface area contributed by atoms with Gasteiger partial charge >= 0.3 is 0 Å². The van der Waals surface area contributed by atoms with Crippen LogP contribution in [0, 0.1) is 5.92 Å². The molecule has 1 aliphatic heterocycles. The fourth-order valence-electron chi connectivity index (χ4n) is 2.41. The minimum Gasteiger partial charge on any atom is -0.342 e. The number of hydrogen-bond donors (Lipinski definition) is 1. The third-order valence-corrected chi connectivity index (χ3v) is 4.36. The van der Waals surface area contributed by atoms with E-state index in [0.717, 1.165) is 45.4 Å². The quantitative estimate of drug-likeness (QED) is 0.748. The molecule has 0 radical (unpaired) electrons. The molecule has 1 rings (SSSR count). The molecule has 5 nitrogen and oxygen atoms in total. The van der Waals surface area contributed by atoms with Crippen molar-refractivity contribution in [3.05, 3.63) is 0 Å². The van der Waals surface area contributed by atoms with E-state index in [2.05, 4.69) is 5.32 Å². The molecule has 1 amide bonds. The normalized spacial score (nSPS) is 20.2. The first-order valence-corrected chi connectivity index (χ1v) is 9.14. The lowest BCUT2D eigenvalue weighted by atomic mass is 9.99. The van der Waals surface area contributed by atoms with Crippen molar-refractivity contribution in [3.63, 3.8) is 0 Å². The van der Waals surface area contributed by atoms with Gasteiger partial charge in [0.05, 0.1) is 5.75 Å². The Bertz CT molecular complexity index is 375. The summed E-state index contributed by atoms with van der Waals surface area (Å²) in [7, 11) is -3.06. The molecule has 0 aromatic heterocycles. The molecule has 1 heterocycles. The minimum absolute atomic E-state index is 0.0298. The topological polar surface area (TPSA) is 66.5 Å². The predicted molar refractivity (Wildman–Crippen MR) is 76.8 cm³/mol. The summed E-state index contributed by atoms with van der Waals surface area (Å²) in [6.07, 6.45) is 4.49. The molecule has 0 bridgehead atoms. The van der Waals surface area contributed by atoms with Gasteiger partial charge in [0.2, 0.25) is 5.91 Å². The Kier molecular flexibility index (Phi) is 6.79. The summed E-state index contributed by atoms with van der Waals surface area (Å²) in [5.41, 5.74) is 0. The van der Waals surface area contributed by atoms with Crippen LogP contribution in [0.2, 0.25) is 0 Å². The number of piperidine rings is 1. The van der Waals surface area contributed by atoms with Gasteiger partial charge in [-0.3, -0.25) is 4.79 Å². The van der Waals surface area contributed by atoms with Crippen molar-refractivity contribution in [1.29, 1.82) is 0 Å². The van der Waals surface area contributed by atoms with Crippen LogP contribution in [0.5, 0.6) is 0 Å². The molecular weight excluding hydrogens is 264 g/mol. The van der Waals surface area contributed by atoms with E-state index in [0.29, 0.717) is 5.92 Å². The first-order chi connectivity index (χ1) is 8.92. The number of nitrogens with zero attached hydrogens (tertiary/aromatic N) is 1. The van der Waals surface area contributed by atoms with Crippen LogP contribution in [0.1, 0.15) is 32.6 Å². The molecule has 19 heavy (non-hydrogen) atoms. The van der Waals surface area contributed by atoms with Gasteiger partial charge in [0.1, 0.15) is 9.84 Å². The maximum Gasteiger partial charge on any atom is 0.223 e. The van der Waals surface area contributed by atoms with E-state index >= 15 is 0 Å². The fraction of sp³-hybridized carbons (Fsp3) is 0.923. The summed E-state index contributed by atoms with van der Waals surface area (Å²) in [5, 5.41) is 3.34. The lowest BCUT2D eigenvalue weighted by molar-refractivity contribution is -0.131. The molecule has 1 aliphatic rings. The first-order valence-electron chi connectivity index (χ1n) is 7.08. The fourth-order valence-corrected chi connectivity index (χ4v) is 2.96. The zero-order valence-electron chi connectivity index (χ0n) is 12.0. The third kappa shape index (κ3) is 6.92. The van der Waals surface area contributed by atoms with E-state index in [-0.39, 0.29) is 18.1 Å². The number of rotatable bonds is 7. The Morgan fingerprint density at radius 2 is 2.16 bits per heavy atom. The van der Waals surface area contributed by atoms with E-state index in [1.165, 1.54) is 6.26 Å². The van der Waals surface area contributed by atoms with Crippen LogP contribution in [0.4, 0.5) is 0 Å². The summed E-state index contributed by atoms with van der Waals surface area (Å²) in [6.45, 7) is 5.53. The van der Waals surface area contributed by atoms with Gasteiger partial charge in [-0.15, -0.1) is 0 Å². The molecule has 1 N–H and O–H groups in total. The van der Waals surface area contributed by atoms with Crippen LogP contribution in [0.15, 0.2) is 0 Å². The summed E-state index contributed by atoms with van der Waals surface area (Å²) in [5.74, 6) is 0.426. The van der Waals surface area contributed by atoms with E-state index in [9.17, 15) is 13.2 Å². The highest BCUT2D eigenvalue weighted by Gasteiger charge is 2.20. The second kappa shape index (κ2) is 7.85. The molecule has 1 fully saturated rings. The second-order valence-electron chi connectivity index (χ2n) is 5.43. The van der Waals surface area contributed by atoms with Crippen molar-refractivity contribution < 1.29 is 13.2 Å².